The number of nitrogens with zero attached hydrogens (tertiary/aromatic N) is 2. The fourth-order valence-electron chi connectivity index (χ4n) is 1.45. The number of sulfone groups is 1. The number of nitrogen functional groups attached to an aromatic ring is 1. The smallest absolute Gasteiger partial charge is 0.246 e. The van der Waals surface area contributed by atoms with Crippen molar-refractivity contribution in [1.29, 1.82) is 0 Å². The van der Waals surface area contributed by atoms with Gasteiger partial charge < -0.3 is 5.73 Å². The van der Waals surface area contributed by atoms with Gasteiger partial charge in [-0.1, -0.05) is 25.8 Å². The van der Waals surface area contributed by atoms with Crippen molar-refractivity contribution in [3.63, 3.8) is 0 Å². The molecule has 1 atom stereocenters. The van der Waals surface area contributed by atoms with Gasteiger partial charge in [-0.25, -0.2) is 13.5 Å². The summed E-state index contributed by atoms with van der Waals surface area (Å²) in [6.45, 7) is 6.21. The molecule has 102 valence electrons. The Morgan fingerprint density at radius 2 is 2.28 bits per heavy atom. The Morgan fingerprint density at radius 1 is 1.56 bits per heavy atom. The molecule has 0 bridgehead atoms. The summed E-state index contributed by atoms with van der Waals surface area (Å²) >= 11 is 0. The zero-order valence-electron chi connectivity index (χ0n) is 10.4. The lowest BCUT2D eigenvalue weighted by molar-refractivity contribution is 0.554. The Morgan fingerprint density at radius 3 is 2.78 bits per heavy atom. The van der Waals surface area contributed by atoms with Crippen LogP contribution in [-0.2, 0) is 9.84 Å². The maximum atomic E-state index is 12.1. The van der Waals surface area contributed by atoms with E-state index in [1.165, 1.54) is 6.08 Å². The Hall–Kier alpha value is -1.41. The molecule has 18 heavy (non-hydrogen) atoms. The molecule has 1 heterocycles. The number of aromatic nitrogens is 3. The van der Waals surface area contributed by atoms with Gasteiger partial charge in [-0.15, -0.1) is 11.7 Å². The molecule has 0 aliphatic rings. The van der Waals surface area contributed by atoms with Crippen molar-refractivity contribution in [2.75, 3.05) is 12.3 Å². The minimum absolute atomic E-state index is 0.0950. The van der Waals surface area contributed by atoms with Crippen LogP contribution in [-0.4, -0.2) is 35.5 Å². The molecule has 0 aliphatic carbocycles. The van der Waals surface area contributed by atoms with Crippen molar-refractivity contribution in [3.05, 3.63) is 12.7 Å². The number of nitrogens with two attached hydrogens (primary N) is 1. The minimum Gasteiger partial charge on any atom is -0.366 e. The molecule has 0 aromatic carbocycles. The lowest BCUT2D eigenvalue weighted by atomic mass is 10.2. The maximum absolute atomic E-state index is 12.1. The van der Waals surface area contributed by atoms with Crippen molar-refractivity contribution in [2.45, 2.75) is 36.7 Å². The normalized spacial score (nSPS) is 13.4. The first-order valence-corrected chi connectivity index (χ1v) is 7.34. The topological polar surface area (TPSA) is 114 Å². The summed E-state index contributed by atoms with van der Waals surface area (Å²) in [4.78, 5) is 3.63. The third-order valence-corrected chi connectivity index (χ3v) is 4.18. The molecule has 1 aromatic heterocycles. The van der Waals surface area contributed by atoms with E-state index in [0.29, 0.717) is 6.54 Å². The van der Waals surface area contributed by atoms with Crippen molar-refractivity contribution >= 4 is 15.8 Å². The van der Waals surface area contributed by atoms with E-state index in [-0.39, 0.29) is 11.1 Å². The number of anilines is 1. The lowest BCUT2D eigenvalue weighted by Crippen LogP contribution is -2.36. The van der Waals surface area contributed by atoms with Crippen LogP contribution in [0.25, 0.3) is 0 Å². The Bertz CT molecular complexity index is 482. The van der Waals surface area contributed by atoms with E-state index in [0.717, 1.165) is 19.3 Å². The van der Waals surface area contributed by atoms with Crippen molar-refractivity contribution in [1.82, 2.24) is 20.5 Å². The first-order valence-electron chi connectivity index (χ1n) is 5.80. The summed E-state index contributed by atoms with van der Waals surface area (Å²) in [6.07, 6.45) is 4.37. The second-order valence-electron chi connectivity index (χ2n) is 3.86. The fourth-order valence-corrected chi connectivity index (χ4v) is 2.67. The van der Waals surface area contributed by atoms with Crippen LogP contribution >= 0.6 is 0 Å². The predicted octanol–water partition coefficient (Wildman–Crippen LogP) is 0.453. The molecule has 1 unspecified atom stereocenters. The lowest BCUT2D eigenvalue weighted by Gasteiger charge is -2.13. The molecule has 0 saturated heterocycles. The van der Waals surface area contributed by atoms with Gasteiger partial charge in [-0.2, -0.15) is 4.98 Å². The van der Waals surface area contributed by atoms with Crippen LogP contribution in [0.1, 0.15) is 26.2 Å². The summed E-state index contributed by atoms with van der Waals surface area (Å²) in [5.41, 5.74) is 5.29. The van der Waals surface area contributed by atoms with E-state index in [1.54, 1.807) is 0 Å². The van der Waals surface area contributed by atoms with Crippen LogP contribution in [0.5, 0.6) is 0 Å². The van der Waals surface area contributed by atoms with Gasteiger partial charge in [0.25, 0.3) is 0 Å². The second-order valence-corrected chi connectivity index (χ2v) is 5.85. The quantitative estimate of drug-likeness (QED) is 0.468. The highest BCUT2D eigenvalue weighted by Crippen LogP contribution is 2.11. The second kappa shape index (κ2) is 6.50. The van der Waals surface area contributed by atoms with E-state index in [4.69, 9.17) is 5.73 Å². The first kappa shape index (κ1) is 14.7. The van der Waals surface area contributed by atoms with Crippen LogP contribution in [0, 0.1) is 0 Å². The highest BCUT2D eigenvalue weighted by atomic mass is 32.2. The maximum Gasteiger partial charge on any atom is 0.246 e. The Balaban J connectivity index is 2.72. The SMILES string of the molecule is C=CC(NCCCCC)S(=O)(=O)c1nc(N)n[nH]1. The van der Waals surface area contributed by atoms with Crippen LogP contribution in [0.4, 0.5) is 5.95 Å². The molecule has 0 saturated carbocycles. The monoisotopic (exact) mass is 273 g/mol. The van der Waals surface area contributed by atoms with E-state index in [2.05, 4.69) is 34.0 Å². The summed E-state index contributed by atoms with van der Waals surface area (Å²) < 4.78 is 24.2. The highest BCUT2D eigenvalue weighted by Gasteiger charge is 2.27. The number of nitrogens with one attached hydrogen (secondary N) is 2. The van der Waals surface area contributed by atoms with E-state index < -0.39 is 15.2 Å². The molecule has 7 nitrogen and oxygen atoms in total. The molecular weight excluding hydrogens is 254 g/mol. The Labute approximate surface area is 107 Å². The first-order chi connectivity index (χ1) is 8.52. The third kappa shape index (κ3) is 3.54. The van der Waals surface area contributed by atoms with Gasteiger partial charge in [0.15, 0.2) is 0 Å². The van der Waals surface area contributed by atoms with Gasteiger partial charge in [0.2, 0.25) is 20.9 Å². The van der Waals surface area contributed by atoms with Gasteiger partial charge in [0, 0.05) is 0 Å². The third-order valence-electron chi connectivity index (χ3n) is 2.43. The van der Waals surface area contributed by atoms with E-state index in [9.17, 15) is 8.42 Å². The van der Waals surface area contributed by atoms with Crippen LogP contribution in [0.15, 0.2) is 17.8 Å². The molecule has 8 heteroatoms. The Kier molecular flexibility index (Phi) is 5.29. The summed E-state index contributed by atoms with van der Waals surface area (Å²) in [6, 6.07) is 0. The fraction of sp³-hybridized carbons (Fsp3) is 0.600. The summed E-state index contributed by atoms with van der Waals surface area (Å²) in [5.74, 6) is -0.0950. The van der Waals surface area contributed by atoms with Gasteiger partial charge >= 0.3 is 0 Å². The number of aromatic amines is 1. The van der Waals surface area contributed by atoms with Crippen molar-refractivity contribution in [2.24, 2.45) is 0 Å². The van der Waals surface area contributed by atoms with Crippen LogP contribution in [0.3, 0.4) is 0 Å². The number of rotatable bonds is 8. The molecule has 1 aromatic rings. The van der Waals surface area contributed by atoms with E-state index >= 15 is 0 Å². The van der Waals surface area contributed by atoms with Gasteiger partial charge in [-0.3, -0.25) is 5.32 Å². The molecule has 0 spiro atoms. The average Bonchev–Trinajstić information content (AvgIpc) is 2.76. The van der Waals surface area contributed by atoms with Crippen LogP contribution in [0.2, 0.25) is 0 Å². The minimum atomic E-state index is -3.66. The zero-order chi connectivity index (χ0) is 13.6. The summed E-state index contributed by atoms with van der Waals surface area (Å²) in [7, 11) is -3.66. The molecule has 1 rings (SSSR count). The predicted molar refractivity (Wildman–Crippen MR) is 69.5 cm³/mol. The molecule has 0 amide bonds. The van der Waals surface area contributed by atoms with Crippen molar-refractivity contribution < 1.29 is 8.42 Å². The van der Waals surface area contributed by atoms with Crippen LogP contribution < -0.4 is 11.1 Å². The average molecular weight is 273 g/mol. The molecule has 0 aliphatic heterocycles. The van der Waals surface area contributed by atoms with Crippen molar-refractivity contribution in [3.8, 4) is 0 Å². The molecule has 0 fully saturated rings. The number of hydrogen-bond acceptors (Lipinski definition) is 6. The summed E-state index contributed by atoms with van der Waals surface area (Å²) in [5, 5.41) is 7.60. The molecular formula is C10H19N5O2S. The number of unbranched alkanes of at least 4 members (excludes halogenated alkanes) is 2. The van der Waals surface area contributed by atoms with Gasteiger partial charge in [-0.05, 0) is 13.0 Å². The van der Waals surface area contributed by atoms with E-state index in [1.807, 2.05) is 0 Å². The molecule has 0 radical (unpaired) electrons. The zero-order valence-corrected chi connectivity index (χ0v) is 11.2. The van der Waals surface area contributed by atoms with Gasteiger partial charge in [0.05, 0.1) is 0 Å². The van der Waals surface area contributed by atoms with Gasteiger partial charge in [0.1, 0.15) is 5.37 Å². The number of hydrogen-bond donors (Lipinski definition) is 3. The molecule has 4 N–H and O–H groups in total. The largest absolute Gasteiger partial charge is 0.366 e. The standard InChI is InChI=1S/C10H19N5O2S/c1-3-5-6-7-12-8(4-2)18(16,17)10-13-9(11)14-15-10/h4,8,12H,2-3,5-7H2,1H3,(H3,11,13,14,15). The number of H-pyrrole nitrogens is 1. The highest BCUT2D eigenvalue weighted by molar-refractivity contribution is 7.92.